The second-order valence-corrected chi connectivity index (χ2v) is 8.46. The van der Waals surface area contributed by atoms with Gasteiger partial charge >= 0.3 is 5.97 Å². The summed E-state index contributed by atoms with van der Waals surface area (Å²) in [4.78, 5) is 24.1. The molecule has 0 aliphatic heterocycles. The van der Waals surface area contributed by atoms with Gasteiger partial charge in [0, 0.05) is 12.1 Å². The van der Waals surface area contributed by atoms with Crippen molar-refractivity contribution in [1.82, 2.24) is 4.72 Å². The smallest absolute Gasteiger partial charge is 0.338 e. The lowest BCUT2D eigenvalue weighted by Gasteiger charge is -2.10. The molecule has 0 bridgehead atoms. The van der Waals surface area contributed by atoms with E-state index in [2.05, 4.69) is 4.72 Å². The summed E-state index contributed by atoms with van der Waals surface area (Å²) in [6.45, 7) is -0.389. The average molecular weight is 444 g/mol. The van der Waals surface area contributed by atoms with Crippen molar-refractivity contribution in [3.63, 3.8) is 0 Å². The zero-order valence-corrected chi connectivity index (χ0v) is 17.3. The van der Waals surface area contributed by atoms with E-state index in [1.807, 2.05) is 6.07 Å². The van der Waals surface area contributed by atoms with Crippen molar-refractivity contribution < 1.29 is 22.7 Å². The van der Waals surface area contributed by atoms with Crippen LogP contribution in [0.5, 0.6) is 0 Å². The lowest BCUT2D eigenvalue weighted by atomic mass is 10.1. The highest BCUT2D eigenvalue weighted by molar-refractivity contribution is 7.89. The normalized spacial score (nSPS) is 11.1. The molecule has 0 atom stereocenters. The minimum atomic E-state index is -3.98. The molecule has 0 heterocycles. The van der Waals surface area contributed by atoms with Crippen molar-refractivity contribution >= 4 is 33.4 Å². The van der Waals surface area contributed by atoms with Gasteiger partial charge in [-0.05, 0) is 23.8 Å². The molecule has 0 aliphatic rings. The second kappa shape index (κ2) is 9.67. The number of halogens is 1. The molecule has 0 saturated heterocycles. The summed E-state index contributed by atoms with van der Waals surface area (Å²) < 4.78 is 32.8. The van der Waals surface area contributed by atoms with Crippen LogP contribution in [-0.2, 0) is 21.3 Å². The lowest BCUT2D eigenvalue weighted by Crippen LogP contribution is -2.24. The maximum Gasteiger partial charge on any atom is 0.338 e. The van der Waals surface area contributed by atoms with Gasteiger partial charge in [0.15, 0.2) is 12.4 Å². The SMILES string of the molecule is O=C(COC(=O)c1ccc(Cl)c(S(=O)(=O)NCc2ccccc2)c1)c1ccccc1. The summed E-state index contributed by atoms with van der Waals surface area (Å²) >= 11 is 6.05. The zero-order chi connectivity index (χ0) is 21.6. The predicted molar refractivity (Wildman–Crippen MR) is 113 cm³/mol. The number of ketones is 1. The average Bonchev–Trinajstić information content (AvgIpc) is 2.77. The Labute approximate surface area is 179 Å². The quantitative estimate of drug-likeness (QED) is 0.422. The Morgan fingerprint density at radius 3 is 2.17 bits per heavy atom. The molecule has 0 saturated carbocycles. The van der Waals surface area contributed by atoms with Gasteiger partial charge in [0.05, 0.1) is 10.6 Å². The summed E-state index contributed by atoms with van der Waals surface area (Å²) in [6, 6.07) is 21.1. The maximum absolute atomic E-state index is 12.7. The molecule has 3 aromatic rings. The summed E-state index contributed by atoms with van der Waals surface area (Å²) in [5, 5.41) is -0.0347. The van der Waals surface area contributed by atoms with Crippen LogP contribution in [0.25, 0.3) is 0 Å². The lowest BCUT2D eigenvalue weighted by molar-refractivity contribution is 0.0474. The van der Waals surface area contributed by atoms with E-state index in [0.717, 1.165) is 11.6 Å². The Morgan fingerprint density at radius 1 is 0.867 bits per heavy atom. The number of hydrogen-bond acceptors (Lipinski definition) is 5. The Kier molecular flexibility index (Phi) is 6.99. The topological polar surface area (TPSA) is 89.5 Å². The van der Waals surface area contributed by atoms with E-state index in [9.17, 15) is 18.0 Å². The molecule has 0 spiro atoms. The number of carbonyl (C=O) groups is 2. The molecule has 0 aromatic heterocycles. The van der Waals surface area contributed by atoms with E-state index in [1.165, 1.54) is 12.1 Å². The standard InChI is InChI=1S/C22H18ClNO5S/c23-19-12-11-18(22(26)29-15-20(25)17-9-5-2-6-10-17)13-21(19)30(27,28)24-14-16-7-3-1-4-8-16/h1-13,24H,14-15H2. The third-order valence-electron chi connectivity index (χ3n) is 4.20. The fourth-order valence-corrected chi connectivity index (χ4v) is 4.15. The van der Waals surface area contributed by atoms with Crippen molar-refractivity contribution in [2.45, 2.75) is 11.4 Å². The van der Waals surface area contributed by atoms with Crippen LogP contribution in [0.15, 0.2) is 83.8 Å². The number of rotatable bonds is 8. The number of esters is 1. The molecule has 6 nitrogen and oxygen atoms in total. The van der Waals surface area contributed by atoms with Crippen LogP contribution < -0.4 is 4.72 Å². The van der Waals surface area contributed by atoms with Crippen molar-refractivity contribution in [2.24, 2.45) is 0 Å². The number of carbonyl (C=O) groups excluding carboxylic acids is 2. The van der Waals surface area contributed by atoms with Crippen LogP contribution in [0.1, 0.15) is 26.3 Å². The van der Waals surface area contributed by atoms with E-state index in [0.29, 0.717) is 5.56 Å². The Balaban J connectivity index is 1.70. The highest BCUT2D eigenvalue weighted by atomic mass is 35.5. The molecule has 0 fully saturated rings. The first-order valence-corrected chi connectivity index (χ1v) is 10.8. The van der Waals surface area contributed by atoms with Gasteiger partial charge in [0.25, 0.3) is 0 Å². The van der Waals surface area contributed by atoms with Gasteiger partial charge in [0.1, 0.15) is 4.90 Å². The molecule has 3 rings (SSSR count). The fraction of sp³-hybridized carbons (Fsp3) is 0.0909. The third-order valence-corrected chi connectivity index (χ3v) is 6.08. The summed E-state index contributed by atoms with van der Waals surface area (Å²) in [5.74, 6) is -1.19. The predicted octanol–water partition coefficient (Wildman–Crippen LogP) is 3.86. The molecule has 1 N–H and O–H groups in total. The van der Waals surface area contributed by atoms with Crippen molar-refractivity contribution in [1.29, 1.82) is 0 Å². The minimum Gasteiger partial charge on any atom is -0.454 e. The molecule has 0 unspecified atom stereocenters. The van der Waals surface area contributed by atoms with Crippen molar-refractivity contribution in [2.75, 3.05) is 6.61 Å². The van der Waals surface area contributed by atoms with Crippen LogP contribution in [0.3, 0.4) is 0 Å². The first-order valence-electron chi connectivity index (χ1n) is 8.95. The van der Waals surface area contributed by atoms with E-state index >= 15 is 0 Å². The molecular formula is C22H18ClNO5S. The fourth-order valence-electron chi connectivity index (χ4n) is 2.61. The van der Waals surface area contributed by atoms with Crippen molar-refractivity contribution in [3.8, 4) is 0 Å². The molecule has 0 amide bonds. The van der Waals surface area contributed by atoms with Crippen LogP contribution in [0, 0.1) is 0 Å². The van der Waals surface area contributed by atoms with Crippen LogP contribution >= 0.6 is 11.6 Å². The van der Waals surface area contributed by atoms with Crippen LogP contribution in [0.4, 0.5) is 0 Å². The summed E-state index contributed by atoms with van der Waals surface area (Å²) in [5.41, 5.74) is 1.15. The number of ether oxygens (including phenoxy) is 1. The van der Waals surface area contributed by atoms with Gasteiger partial charge in [-0.25, -0.2) is 17.9 Å². The maximum atomic E-state index is 12.7. The van der Waals surface area contributed by atoms with Crippen LogP contribution in [0.2, 0.25) is 5.02 Å². The monoisotopic (exact) mass is 443 g/mol. The van der Waals surface area contributed by atoms with E-state index in [4.69, 9.17) is 16.3 Å². The molecule has 154 valence electrons. The Bertz CT molecular complexity index is 1150. The van der Waals surface area contributed by atoms with E-state index in [-0.39, 0.29) is 27.8 Å². The molecular weight excluding hydrogens is 426 g/mol. The number of Topliss-reactive ketones (excluding diaryl/α,β-unsaturated/α-hetero) is 1. The second-order valence-electron chi connectivity index (χ2n) is 6.32. The highest BCUT2D eigenvalue weighted by Crippen LogP contribution is 2.23. The Hall–Kier alpha value is -3.00. The molecule has 3 aromatic carbocycles. The van der Waals surface area contributed by atoms with Gasteiger partial charge in [-0.3, -0.25) is 4.79 Å². The number of nitrogens with one attached hydrogen (secondary N) is 1. The van der Waals surface area contributed by atoms with E-state index < -0.39 is 22.6 Å². The number of benzene rings is 3. The first-order chi connectivity index (χ1) is 14.4. The number of hydrogen-bond donors (Lipinski definition) is 1. The van der Waals surface area contributed by atoms with Gasteiger partial charge in [-0.2, -0.15) is 0 Å². The van der Waals surface area contributed by atoms with Gasteiger partial charge in [-0.15, -0.1) is 0 Å². The highest BCUT2D eigenvalue weighted by Gasteiger charge is 2.21. The minimum absolute atomic E-state index is 0.0275. The molecule has 8 heteroatoms. The molecule has 0 radical (unpaired) electrons. The zero-order valence-electron chi connectivity index (χ0n) is 15.7. The van der Waals surface area contributed by atoms with Gasteiger partial charge in [0.2, 0.25) is 10.0 Å². The molecule has 30 heavy (non-hydrogen) atoms. The first kappa shape index (κ1) is 21.7. The summed E-state index contributed by atoms with van der Waals surface area (Å²) in [7, 11) is -3.98. The van der Waals surface area contributed by atoms with Gasteiger partial charge in [-0.1, -0.05) is 72.3 Å². The largest absolute Gasteiger partial charge is 0.454 e. The van der Waals surface area contributed by atoms with Gasteiger partial charge < -0.3 is 4.74 Å². The Morgan fingerprint density at radius 2 is 1.50 bits per heavy atom. The third kappa shape index (κ3) is 5.54. The number of sulfonamides is 1. The summed E-state index contributed by atoms with van der Waals surface area (Å²) in [6.07, 6.45) is 0. The van der Waals surface area contributed by atoms with Crippen LogP contribution in [-0.4, -0.2) is 26.8 Å². The van der Waals surface area contributed by atoms with E-state index in [1.54, 1.807) is 54.6 Å². The van der Waals surface area contributed by atoms with Crippen molar-refractivity contribution in [3.05, 3.63) is 101 Å². The molecule has 0 aliphatic carbocycles.